The summed E-state index contributed by atoms with van der Waals surface area (Å²) in [5, 5.41) is 0. The highest BCUT2D eigenvalue weighted by Crippen LogP contribution is 2.11. The molecular formula is C14H22N2O4. The van der Waals surface area contributed by atoms with E-state index < -0.39 is 0 Å². The van der Waals surface area contributed by atoms with Crippen LogP contribution in [0.4, 0.5) is 0 Å². The first-order chi connectivity index (χ1) is 9.78. The number of carbonyl (C=O) groups excluding carboxylic acids is 1. The summed E-state index contributed by atoms with van der Waals surface area (Å²) in [6.45, 7) is 5.07. The topological polar surface area (TPSA) is 60.4 Å². The smallest absolute Gasteiger partial charge is 0.311 e. The van der Waals surface area contributed by atoms with Gasteiger partial charge in [-0.2, -0.15) is 0 Å². The zero-order valence-corrected chi connectivity index (χ0v) is 11.9. The molecule has 1 atom stereocenters. The van der Waals surface area contributed by atoms with E-state index >= 15 is 0 Å². The maximum Gasteiger partial charge on any atom is 0.311 e. The number of ether oxygens (including phenoxy) is 3. The molecule has 0 spiro atoms. The van der Waals surface area contributed by atoms with Crippen molar-refractivity contribution in [2.45, 2.75) is 19.1 Å². The van der Waals surface area contributed by atoms with Crippen LogP contribution >= 0.6 is 0 Å². The molecule has 2 aliphatic rings. The predicted octanol–water partition coefficient (Wildman–Crippen LogP) is 0.625. The van der Waals surface area contributed by atoms with E-state index in [1.807, 2.05) is 12.2 Å². The zero-order chi connectivity index (χ0) is 14.2. The van der Waals surface area contributed by atoms with Crippen LogP contribution in [0, 0.1) is 0 Å². The van der Waals surface area contributed by atoms with Crippen LogP contribution in [0.25, 0.3) is 0 Å². The van der Waals surface area contributed by atoms with E-state index in [4.69, 9.17) is 9.47 Å². The van der Waals surface area contributed by atoms with E-state index in [0.717, 1.165) is 45.0 Å². The van der Waals surface area contributed by atoms with Crippen LogP contribution in [-0.4, -0.2) is 69.4 Å². The summed E-state index contributed by atoms with van der Waals surface area (Å²) in [4.78, 5) is 17.9. The second-order valence-electron chi connectivity index (χ2n) is 4.79. The fourth-order valence-corrected chi connectivity index (χ4v) is 2.17. The lowest BCUT2D eigenvalue weighted by Gasteiger charge is -2.27. The van der Waals surface area contributed by atoms with Crippen LogP contribution < -0.4 is 0 Å². The standard InChI is InChI=1S/C14H22N2O4/c1-18-14(17)11-12-3-2-4-13(15-12)20-10-7-16-5-8-19-9-6-16/h2-3,13H,4-11H2,1H3. The molecule has 0 radical (unpaired) electrons. The number of hydrogen-bond donors (Lipinski definition) is 0. The number of methoxy groups -OCH3 is 1. The van der Waals surface area contributed by atoms with Crippen LogP contribution in [0.15, 0.2) is 17.1 Å². The number of aliphatic imine (C=N–C) groups is 1. The molecule has 2 rings (SSSR count). The number of dihydropyridines is 1. The van der Waals surface area contributed by atoms with E-state index in [-0.39, 0.29) is 18.6 Å². The molecule has 1 unspecified atom stereocenters. The fraction of sp³-hybridized carbons (Fsp3) is 0.714. The third-order valence-electron chi connectivity index (χ3n) is 3.33. The van der Waals surface area contributed by atoms with Crippen LogP contribution in [0.3, 0.4) is 0 Å². The van der Waals surface area contributed by atoms with Gasteiger partial charge in [-0.1, -0.05) is 6.08 Å². The third-order valence-corrected chi connectivity index (χ3v) is 3.33. The number of esters is 1. The minimum absolute atomic E-state index is 0.180. The first-order valence-electron chi connectivity index (χ1n) is 6.99. The maximum atomic E-state index is 11.2. The summed E-state index contributed by atoms with van der Waals surface area (Å²) in [5.41, 5.74) is 0.722. The Kier molecular flexibility index (Phi) is 6.17. The van der Waals surface area contributed by atoms with Gasteiger partial charge in [0.15, 0.2) is 6.23 Å². The van der Waals surface area contributed by atoms with E-state index in [9.17, 15) is 4.79 Å². The lowest BCUT2D eigenvalue weighted by Crippen LogP contribution is -2.38. The van der Waals surface area contributed by atoms with Gasteiger partial charge in [-0.3, -0.25) is 14.7 Å². The molecule has 6 heteroatoms. The van der Waals surface area contributed by atoms with Crippen molar-refractivity contribution in [3.8, 4) is 0 Å². The molecule has 1 saturated heterocycles. The van der Waals surface area contributed by atoms with Crippen molar-refractivity contribution in [1.82, 2.24) is 4.90 Å². The van der Waals surface area contributed by atoms with Crippen molar-refractivity contribution < 1.29 is 19.0 Å². The molecule has 0 aromatic carbocycles. The highest BCUT2D eigenvalue weighted by molar-refractivity contribution is 6.05. The Morgan fingerprint density at radius 2 is 2.30 bits per heavy atom. The van der Waals surface area contributed by atoms with Gasteiger partial charge in [0.05, 0.1) is 33.4 Å². The van der Waals surface area contributed by atoms with E-state index in [0.29, 0.717) is 6.61 Å². The van der Waals surface area contributed by atoms with Gasteiger partial charge < -0.3 is 14.2 Å². The molecule has 0 N–H and O–H groups in total. The summed E-state index contributed by atoms with van der Waals surface area (Å²) in [6.07, 6.45) is 4.63. The average Bonchev–Trinajstić information content (AvgIpc) is 2.48. The molecule has 6 nitrogen and oxygen atoms in total. The summed E-state index contributed by atoms with van der Waals surface area (Å²) in [5.74, 6) is -0.276. The van der Waals surface area contributed by atoms with Crippen LogP contribution in [0.2, 0.25) is 0 Å². The number of rotatable bonds is 6. The molecule has 0 aromatic rings. The van der Waals surface area contributed by atoms with Crippen molar-refractivity contribution in [3.63, 3.8) is 0 Å². The molecule has 0 aliphatic carbocycles. The Bertz CT molecular complexity index is 375. The van der Waals surface area contributed by atoms with Gasteiger partial charge in [-0.15, -0.1) is 0 Å². The van der Waals surface area contributed by atoms with Crippen LogP contribution in [-0.2, 0) is 19.0 Å². The first-order valence-corrected chi connectivity index (χ1v) is 6.99. The summed E-state index contributed by atoms with van der Waals surface area (Å²) in [6, 6.07) is 0. The molecule has 1 fully saturated rings. The lowest BCUT2D eigenvalue weighted by molar-refractivity contribution is -0.139. The molecule has 20 heavy (non-hydrogen) atoms. The Morgan fingerprint density at radius 1 is 1.50 bits per heavy atom. The summed E-state index contributed by atoms with van der Waals surface area (Å²) >= 11 is 0. The monoisotopic (exact) mass is 282 g/mol. The second-order valence-corrected chi connectivity index (χ2v) is 4.79. The van der Waals surface area contributed by atoms with Gasteiger partial charge in [-0.05, 0) is 6.08 Å². The van der Waals surface area contributed by atoms with Gasteiger partial charge in [-0.25, -0.2) is 0 Å². The van der Waals surface area contributed by atoms with Gasteiger partial charge in [0.1, 0.15) is 0 Å². The Hall–Kier alpha value is -1.24. The SMILES string of the molecule is COC(=O)CC1=NC(OCCN2CCOCC2)CC=C1. The summed E-state index contributed by atoms with van der Waals surface area (Å²) in [7, 11) is 1.38. The normalized spacial score (nSPS) is 23.4. The van der Waals surface area contributed by atoms with Crippen molar-refractivity contribution in [2.24, 2.45) is 4.99 Å². The number of allylic oxidation sites excluding steroid dienone is 1. The van der Waals surface area contributed by atoms with Crippen LogP contribution in [0.5, 0.6) is 0 Å². The highest BCUT2D eigenvalue weighted by Gasteiger charge is 2.15. The fourth-order valence-electron chi connectivity index (χ4n) is 2.17. The van der Waals surface area contributed by atoms with E-state index in [1.165, 1.54) is 7.11 Å². The zero-order valence-electron chi connectivity index (χ0n) is 11.9. The molecule has 0 bridgehead atoms. The molecule has 0 saturated carbocycles. The Morgan fingerprint density at radius 3 is 3.05 bits per heavy atom. The van der Waals surface area contributed by atoms with E-state index in [1.54, 1.807) is 0 Å². The molecule has 2 aliphatic heterocycles. The van der Waals surface area contributed by atoms with Crippen molar-refractivity contribution in [3.05, 3.63) is 12.2 Å². The van der Waals surface area contributed by atoms with Gasteiger partial charge in [0.25, 0.3) is 0 Å². The highest BCUT2D eigenvalue weighted by atomic mass is 16.5. The molecule has 0 amide bonds. The number of carbonyl (C=O) groups is 1. The second kappa shape index (κ2) is 8.14. The maximum absolute atomic E-state index is 11.2. The number of hydrogen-bond acceptors (Lipinski definition) is 6. The summed E-state index contributed by atoms with van der Waals surface area (Å²) < 4.78 is 15.7. The lowest BCUT2D eigenvalue weighted by atomic mass is 10.2. The average molecular weight is 282 g/mol. The quantitative estimate of drug-likeness (QED) is 0.669. The van der Waals surface area contributed by atoms with Crippen molar-refractivity contribution >= 4 is 11.7 Å². The minimum Gasteiger partial charge on any atom is -0.469 e. The largest absolute Gasteiger partial charge is 0.469 e. The molecule has 112 valence electrons. The van der Waals surface area contributed by atoms with E-state index in [2.05, 4.69) is 14.6 Å². The Balaban J connectivity index is 1.69. The van der Waals surface area contributed by atoms with Gasteiger partial charge >= 0.3 is 5.97 Å². The number of morpholine rings is 1. The van der Waals surface area contributed by atoms with Crippen molar-refractivity contribution in [1.29, 1.82) is 0 Å². The molecule has 2 heterocycles. The van der Waals surface area contributed by atoms with Crippen molar-refractivity contribution in [2.75, 3.05) is 46.6 Å². The van der Waals surface area contributed by atoms with Gasteiger partial charge in [0, 0.05) is 31.8 Å². The number of nitrogens with zero attached hydrogens (tertiary/aromatic N) is 2. The van der Waals surface area contributed by atoms with Gasteiger partial charge in [0.2, 0.25) is 0 Å². The minimum atomic E-state index is -0.276. The predicted molar refractivity (Wildman–Crippen MR) is 74.8 cm³/mol. The molecular weight excluding hydrogens is 260 g/mol. The Labute approximate surface area is 119 Å². The van der Waals surface area contributed by atoms with Crippen LogP contribution in [0.1, 0.15) is 12.8 Å². The first kappa shape index (κ1) is 15.2. The molecule has 0 aromatic heterocycles. The third kappa shape index (κ3) is 5.03.